The van der Waals surface area contributed by atoms with Crippen LogP contribution in [0.15, 0.2) is 0 Å². The molecule has 0 saturated carbocycles. The first-order valence-corrected chi connectivity index (χ1v) is 16.1. The summed E-state index contributed by atoms with van der Waals surface area (Å²) in [5.41, 5.74) is 0. The number of carbonyl (C=O) groups is 6. The minimum absolute atomic E-state index is 0.0204. The fourth-order valence-electron chi connectivity index (χ4n) is 4.10. The second-order valence-electron chi connectivity index (χ2n) is 11.5. The number of hydrogen-bond donors (Lipinski definition) is 6. The van der Waals surface area contributed by atoms with Crippen molar-refractivity contribution in [1.29, 1.82) is 0 Å². The molecule has 6 N–H and O–H groups in total. The van der Waals surface area contributed by atoms with E-state index in [-0.39, 0.29) is 63.0 Å². The average molecular weight is 645 g/mol. The molecule has 0 saturated heterocycles. The van der Waals surface area contributed by atoms with Gasteiger partial charge in [0.05, 0.1) is 0 Å². The Hall–Kier alpha value is -3.30. The Morgan fingerprint density at radius 3 is 1.22 bits per heavy atom. The Morgan fingerprint density at radius 1 is 0.511 bits per heavy atom. The van der Waals surface area contributed by atoms with Crippen LogP contribution < -0.4 is 16.0 Å². The van der Waals surface area contributed by atoms with Crippen molar-refractivity contribution in [3.63, 3.8) is 0 Å². The van der Waals surface area contributed by atoms with Crippen LogP contribution in [0.5, 0.6) is 0 Å². The molecule has 0 aliphatic heterocycles. The summed E-state index contributed by atoms with van der Waals surface area (Å²) >= 11 is 0. The lowest BCUT2D eigenvalue weighted by Gasteiger charge is -2.15. The van der Waals surface area contributed by atoms with Gasteiger partial charge in [0.15, 0.2) is 0 Å². The lowest BCUT2D eigenvalue weighted by Crippen LogP contribution is -2.31. The quantitative estimate of drug-likeness (QED) is 0.0462. The average Bonchev–Trinajstić information content (AvgIpc) is 2.98. The first-order valence-electron chi connectivity index (χ1n) is 16.1. The van der Waals surface area contributed by atoms with E-state index in [1.807, 2.05) is 13.8 Å². The fraction of sp³-hybridized carbons (Fsp3) is 0.800. The predicted octanol–water partition coefficient (Wildman–Crippen LogP) is 2.13. The van der Waals surface area contributed by atoms with Gasteiger partial charge in [0, 0.05) is 78.3 Å². The van der Waals surface area contributed by atoms with Crippen molar-refractivity contribution in [2.24, 2.45) is 5.92 Å². The number of nitrogens with one attached hydrogen (secondary N) is 3. The van der Waals surface area contributed by atoms with Crippen LogP contribution in [0, 0.1) is 5.92 Å². The molecule has 0 spiro atoms. The number of rotatable bonds is 26. The van der Waals surface area contributed by atoms with E-state index in [9.17, 15) is 44.4 Å². The van der Waals surface area contributed by atoms with E-state index in [1.54, 1.807) is 0 Å². The molecule has 0 atom stereocenters. The molecular weight excluding hydrogens is 588 g/mol. The number of hydrogen-bond acceptors (Lipinski definition) is 9. The highest BCUT2D eigenvalue weighted by Gasteiger charge is 2.14. The van der Waals surface area contributed by atoms with Gasteiger partial charge in [0.2, 0.25) is 35.4 Å². The second-order valence-corrected chi connectivity index (χ2v) is 11.5. The third-order valence-corrected chi connectivity index (χ3v) is 6.77. The normalized spacial score (nSPS) is 10.7. The van der Waals surface area contributed by atoms with Gasteiger partial charge in [0.25, 0.3) is 0 Å². The molecule has 0 unspecified atom stereocenters. The zero-order valence-electron chi connectivity index (χ0n) is 27.4. The summed E-state index contributed by atoms with van der Waals surface area (Å²) in [6, 6.07) is 0. The van der Waals surface area contributed by atoms with E-state index in [2.05, 4.69) is 16.0 Å². The van der Waals surface area contributed by atoms with E-state index in [0.29, 0.717) is 92.1 Å². The van der Waals surface area contributed by atoms with Crippen LogP contribution in [-0.2, 0) is 28.8 Å². The Balaban J connectivity index is 3.77. The molecule has 0 aromatic rings. The lowest BCUT2D eigenvalue weighted by molar-refractivity contribution is -0.166. The van der Waals surface area contributed by atoms with Crippen LogP contribution >= 0.6 is 0 Å². The van der Waals surface area contributed by atoms with E-state index in [1.165, 1.54) is 6.92 Å². The minimum Gasteiger partial charge on any atom is -0.356 e. The third-order valence-electron chi connectivity index (χ3n) is 6.77. The van der Waals surface area contributed by atoms with E-state index < -0.39 is 17.7 Å². The summed E-state index contributed by atoms with van der Waals surface area (Å²) in [7, 11) is 0. The molecule has 15 heteroatoms. The largest absolute Gasteiger partial charge is 0.356 e. The number of unbranched alkanes of at least 4 members (excludes halogenated alkanes) is 6. The van der Waals surface area contributed by atoms with E-state index >= 15 is 0 Å². The molecule has 0 bridgehead atoms. The maximum absolute atomic E-state index is 12.0. The van der Waals surface area contributed by atoms with Crippen LogP contribution in [0.4, 0.5) is 0 Å². The van der Waals surface area contributed by atoms with Gasteiger partial charge in [-0.15, -0.1) is 0 Å². The highest BCUT2D eigenvalue weighted by atomic mass is 16.5. The second kappa shape index (κ2) is 26.0. The van der Waals surface area contributed by atoms with Crippen LogP contribution in [0.2, 0.25) is 0 Å². The molecule has 45 heavy (non-hydrogen) atoms. The third kappa shape index (κ3) is 24.7. The Bertz CT molecular complexity index is 903. The van der Waals surface area contributed by atoms with Crippen LogP contribution in [-0.4, -0.2) is 106 Å². The summed E-state index contributed by atoms with van der Waals surface area (Å²) < 4.78 is 0. The van der Waals surface area contributed by atoms with Crippen molar-refractivity contribution in [3.8, 4) is 0 Å². The van der Waals surface area contributed by atoms with Crippen LogP contribution in [0.1, 0.15) is 111 Å². The molecule has 260 valence electrons. The Kier molecular flexibility index (Phi) is 24.1. The van der Waals surface area contributed by atoms with E-state index in [0.717, 1.165) is 12.8 Å². The number of nitrogens with zero attached hydrogens (tertiary/aromatic N) is 3. The van der Waals surface area contributed by atoms with Crippen molar-refractivity contribution in [2.45, 2.75) is 111 Å². The molecule has 0 rings (SSSR count). The highest BCUT2D eigenvalue weighted by Crippen LogP contribution is 2.04. The van der Waals surface area contributed by atoms with Gasteiger partial charge in [-0.3, -0.25) is 44.4 Å². The van der Waals surface area contributed by atoms with Gasteiger partial charge in [-0.2, -0.15) is 0 Å². The van der Waals surface area contributed by atoms with Gasteiger partial charge >= 0.3 is 0 Å². The maximum Gasteiger partial charge on any atom is 0.246 e. The molecule has 0 aliphatic rings. The zero-order valence-corrected chi connectivity index (χ0v) is 27.4. The molecule has 0 aliphatic carbocycles. The lowest BCUT2D eigenvalue weighted by atomic mass is 10.1. The monoisotopic (exact) mass is 644 g/mol. The minimum atomic E-state index is -0.557. The summed E-state index contributed by atoms with van der Waals surface area (Å²) in [4.78, 5) is 70.4. The van der Waals surface area contributed by atoms with Crippen molar-refractivity contribution in [2.75, 3.05) is 39.3 Å². The Morgan fingerprint density at radius 2 is 0.867 bits per heavy atom. The van der Waals surface area contributed by atoms with Crippen molar-refractivity contribution < 1.29 is 44.4 Å². The molecule has 0 fully saturated rings. The topological polar surface area (TPSA) is 209 Å². The molecule has 0 radical (unpaired) electrons. The van der Waals surface area contributed by atoms with Gasteiger partial charge < -0.3 is 16.0 Å². The summed E-state index contributed by atoms with van der Waals surface area (Å²) in [6.45, 7) is 7.07. The van der Waals surface area contributed by atoms with E-state index in [4.69, 9.17) is 0 Å². The smallest absolute Gasteiger partial charge is 0.246 e. The molecule has 15 nitrogen and oxygen atoms in total. The molecule has 0 heterocycles. The SMILES string of the molecule is CC(=O)N(O)CCCCCNC(=O)CCC(=O)N(O)CCCCCNC(=O)CCC(=O)N(O)CCCCCNC(=O)CC(C)C. The Labute approximate surface area is 266 Å². The van der Waals surface area contributed by atoms with Gasteiger partial charge in [0.1, 0.15) is 0 Å². The predicted molar refractivity (Wildman–Crippen MR) is 165 cm³/mol. The van der Waals surface area contributed by atoms with Crippen LogP contribution in [0.25, 0.3) is 0 Å². The number of carbonyl (C=O) groups excluding carboxylic acids is 6. The summed E-state index contributed by atoms with van der Waals surface area (Å²) in [5.74, 6) is -1.79. The first kappa shape index (κ1) is 41.7. The molecule has 0 aromatic carbocycles. The zero-order chi connectivity index (χ0) is 34.0. The maximum atomic E-state index is 12.0. The first-order chi connectivity index (χ1) is 21.3. The molecular formula is C30H56N6O9. The van der Waals surface area contributed by atoms with Gasteiger partial charge in [-0.25, -0.2) is 15.2 Å². The van der Waals surface area contributed by atoms with Crippen LogP contribution in [0.3, 0.4) is 0 Å². The summed E-state index contributed by atoms with van der Waals surface area (Å²) in [6.07, 6.45) is 5.96. The molecule has 0 aromatic heterocycles. The summed E-state index contributed by atoms with van der Waals surface area (Å²) in [5, 5.41) is 39.2. The fourth-order valence-corrected chi connectivity index (χ4v) is 4.10. The number of amides is 6. The van der Waals surface area contributed by atoms with Gasteiger partial charge in [-0.1, -0.05) is 13.8 Å². The van der Waals surface area contributed by atoms with Crippen molar-refractivity contribution in [3.05, 3.63) is 0 Å². The highest BCUT2D eigenvalue weighted by molar-refractivity contribution is 5.83. The van der Waals surface area contributed by atoms with Crippen molar-refractivity contribution in [1.82, 2.24) is 31.1 Å². The van der Waals surface area contributed by atoms with Crippen molar-refractivity contribution >= 4 is 35.4 Å². The van der Waals surface area contributed by atoms with Gasteiger partial charge in [-0.05, 0) is 63.7 Å². The molecule has 6 amide bonds. The standard InChI is InChI=1S/C30H56N6O9/c1-24(2)23-28(40)33-19-9-6-12-22-36(45)30(42)16-14-27(39)32-18-8-5-11-21-35(44)29(41)15-13-26(38)31-17-7-4-10-20-34(43)25(3)37/h24,43-45H,4-23H2,1-3H3,(H,31,38)(H,32,39)(H,33,40). The number of hydroxylamine groups is 6.